The van der Waals surface area contributed by atoms with Gasteiger partial charge >= 0.3 is 6.09 Å². The largest absolute Gasteiger partial charge is 0.445 e. The molecule has 1 atom stereocenters. The van der Waals surface area contributed by atoms with E-state index < -0.39 is 18.0 Å². The van der Waals surface area contributed by atoms with E-state index in [0.29, 0.717) is 12.5 Å². The smallest absolute Gasteiger partial charge is 0.408 e. The number of rotatable bonds is 9. The Kier molecular flexibility index (Phi) is 8.61. The third-order valence-electron chi connectivity index (χ3n) is 4.79. The van der Waals surface area contributed by atoms with E-state index in [1.165, 1.54) is 19.3 Å². The van der Waals surface area contributed by atoms with Gasteiger partial charge in [-0.25, -0.2) is 4.79 Å². The predicted molar refractivity (Wildman–Crippen MR) is 102 cm³/mol. The highest BCUT2D eigenvalue weighted by Crippen LogP contribution is 2.22. The van der Waals surface area contributed by atoms with Gasteiger partial charge in [0.2, 0.25) is 11.8 Å². The lowest BCUT2D eigenvalue weighted by atomic mass is 9.89. The molecule has 27 heavy (non-hydrogen) atoms. The Morgan fingerprint density at radius 3 is 2.48 bits per heavy atom. The quantitative estimate of drug-likeness (QED) is 0.615. The first-order valence-corrected chi connectivity index (χ1v) is 9.58. The van der Waals surface area contributed by atoms with Crippen LogP contribution in [0.5, 0.6) is 0 Å². The van der Waals surface area contributed by atoms with Gasteiger partial charge in [0.25, 0.3) is 0 Å². The van der Waals surface area contributed by atoms with Crippen molar-refractivity contribution in [3.05, 3.63) is 35.9 Å². The predicted octanol–water partition coefficient (Wildman–Crippen LogP) is 2.24. The van der Waals surface area contributed by atoms with Gasteiger partial charge in [0.15, 0.2) is 0 Å². The summed E-state index contributed by atoms with van der Waals surface area (Å²) in [5, 5.41) is 5.44. The minimum atomic E-state index is -0.843. The molecular formula is C20H29N3O4. The van der Waals surface area contributed by atoms with Crippen molar-refractivity contribution in [2.75, 3.05) is 6.54 Å². The Bertz CT molecular complexity index is 615. The molecule has 1 aromatic carbocycles. The van der Waals surface area contributed by atoms with Gasteiger partial charge < -0.3 is 21.1 Å². The molecule has 1 aliphatic carbocycles. The molecule has 1 saturated carbocycles. The van der Waals surface area contributed by atoms with E-state index >= 15 is 0 Å². The molecule has 3 amide bonds. The molecule has 7 nitrogen and oxygen atoms in total. The van der Waals surface area contributed by atoms with E-state index in [-0.39, 0.29) is 25.4 Å². The van der Waals surface area contributed by atoms with Gasteiger partial charge in [0, 0.05) is 13.0 Å². The molecule has 0 aliphatic heterocycles. The van der Waals surface area contributed by atoms with Crippen LogP contribution in [0.4, 0.5) is 4.79 Å². The molecular weight excluding hydrogens is 346 g/mol. The maximum Gasteiger partial charge on any atom is 0.408 e. The zero-order chi connectivity index (χ0) is 19.5. The van der Waals surface area contributed by atoms with Gasteiger partial charge in [-0.05, 0) is 30.7 Å². The molecule has 0 bridgehead atoms. The second kappa shape index (κ2) is 11.2. The fourth-order valence-electron chi connectivity index (χ4n) is 3.22. The maximum atomic E-state index is 12.5. The monoisotopic (exact) mass is 375 g/mol. The van der Waals surface area contributed by atoms with Crippen molar-refractivity contribution in [2.45, 2.75) is 57.6 Å². The van der Waals surface area contributed by atoms with Crippen molar-refractivity contribution in [2.24, 2.45) is 11.7 Å². The van der Waals surface area contributed by atoms with Crippen LogP contribution >= 0.6 is 0 Å². The molecule has 148 valence electrons. The van der Waals surface area contributed by atoms with Crippen LogP contribution in [0.2, 0.25) is 0 Å². The first-order valence-electron chi connectivity index (χ1n) is 9.58. The number of primary amides is 1. The normalized spacial score (nSPS) is 15.6. The lowest BCUT2D eigenvalue weighted by molar-refractivity contribution is -0.123. The van der Waals surface area contributed by atoms with Crippen LogP contribution in [-0.2, 0) is 20.9 Å². The van der Waals surface area contributed by atoms with Gasteiger partial charge in [-0.1, -0.05) is 49.6 Å². The molecule has 0 spiro atoms. The number of carbonyl (C=O) groups excluding carboxylic acids is 3. The Labute approximate surface area is 160 Å². The summed E-state index contributed by atoms with van der Waals surface area (Å²) < 4.78 is 5.16. The van der Waals surface area contributed by atoms with Crippen molar-refractivity contribution in [3.8, 4) is 0 Å². The van der Waals surface area contributed by atoms with E-state index in [1.807, 2.05) is 30.3 Å². The second-order valence-electron chi connectivity index (χ2n) is 7.01. The first kappa shape index (κ1) is 20.7. The Hall–Kier alpha value is -2.57. The zero-order valence-corrected chi connectivity index (χ0v) is 15.6. The molecule has 1 aromatic rings. The van der Waals surface area contributed by atoms with E-state index in [0.717, 1.165) is 18.4 Å². The average molecular weight is 375 g/mol. The lowest BCUT2D eigenvalue weighted by Gasteiger charge is -2.23. The molecule has 2 rings (SSSR count). The molecule has 0 heterocycles. The van der Waals surface area contributed by atoms with Crippen LogP contribution in [0.3, 0.4) is 0 Å². The Morgan fingerprint density at radius 2 is 1.81 bits per heavy atom. The fourth-order valence-corrected chi connectivity index (χ4v) is 3.22. The maximum absolute atomic E-state index is 12.5. The standard InChI is InChI=1S/C20H29N3O4/c21-18(24)12-11-17(19(25)22-13-15-7-3-1-4-8-15)23-20(26)27-14-16-9-5-2-6-10-16/h2,5-6,9-10,15,17H,1,3-4,7-8,11-14H2,(H2,21,24)(H,22,25)(H,23,26)/t17-/m0/s1. The molecule has 4 N–H and O–H groups in total. The fraction of sp³-hybridized carbons (Fsp3) is 0.550. The molecule has 0 unspecified atom stereocenters. The number of nitrogens with two attached hydrogens (primary N) is 1. The summed E-state index contributed by atoms with van der Waals surface area (Å²) in [5.41, 5.74) is 6.03. The van der Waals surface area contributed by atoms with Gasteiger partial charge in [0.05, 0.1) is 0 Å². The second-order valence-corrected chi connectivity index (χ2v) is 7.01. The van der Waals surface area contributed by atoms with E-state index in [9.17, 15) is 14.4 Å². The van der Waals surface area contributed by atoms with Gasteiger partial charge in [0.1, 0.15) is 12.6 Å². The third-order valence-corrected chi connectivity index (χ3v) is 4.79. The number of alkyl carbamates (subject to hydrolysis) is 1. The molecule has 1 aliphatic rings. The van der Waals surface area contributed by atoms with Gasteiger partial charge in [-0.2, -0.15) is 0 Å². The van der Waals surface area contributed by atoms with E-state index in [1.54, 1.807) is 0 Å². The minimum Gasteiger partial charge on any atom is -0.445 e. The van der Waals surface area contributed by atoms with Gasteiger partial charge in [-0.3, -0.25) is 9.59 Å². The van der Waals surface area contributed by atoms with Crippen molar-refractivity contribution in [1.29, 1.82) is 0 Å². The van der Waals surface area contributed by atoms with Crippen LogP contribution in [0.15, 0.2) is 30.3 Å². The topological polar surface area (TPSA) is 111 Å². The summed E-state index contributed by atoms with van der Waals surface area (Å²) in [6.45, 7) is 0.700. The zero-order valence-electron chi connectivity index (χ0n) is 15.6. The number of benzene rings is 1. The minimum absolute atomic E-state index is 0.0144. The van der Waals surface area contributed by atoms with Crippen LogP contribution in [0.1, 0.15) is 50.5 Å². The molecule has 0 saturated heterocycles. The number of nitrogens with one attached hydrogen (secondary N) is 2. The summed E-state index contributed by atoms with van der Waals surface area (Å²) in [7, 11) is 0. The third kappa shape index (κ3) is 8.11. The summed E-state index contributed by atoms with van der Waals surface area (Å²) in [6, 6.07) is 8.42. The summed E-state index contributed by atoms with van der Waals surface area (Å²) >= 11 is 0. The molecule has 1 fully saturated rings. The van der Waals surface area contributed by atoms with Crippen molar-refractivity contribution < 1.29 is 19.1 Å². The number of hydrogen-bond donors (Lipinski definition) is 3. The SMILES string of the molecule is NC(=O)CC[C@H](NC(=O)OCc1ccccc1)C(=O)NCC1CCCCC1. The highest BCUT2D eigenvalue weighted by molar-refractivity contribution is 5.86. The summed E-state index contributed by atoms with van der Waals surface area (Å²) in [5.74, 6) is -0.345. The summed E-state index contributed by atoms with van der Waals surface area (Å²) in [4.78, 5) is 35.6. The number of amides is 3. The van der Waals surface area contributed by atoms with Crippen LogP contribution < -0.4 is 16.4 Å². The van der Waals surface area contributed by atoms with Crippen LogP contribution in [-0.4, -0.2) is 30.5 Å². The number of hydrogen-bond acceptors (Lipinski definition) is 4. The first-order chi connectivity index (χ1) is 13.0. The summed E-state index contributed by atoms with van der Waals surface area (Å²) in [6.07, 6.45) is 5.32. The van der Waals surface area contributed by atoms with Gasteiger partial charge in [-0.15, -0.1) is 0 Å². The number of carbonyl (C=O) groups is 3. The van der Waals surface area contributed by atoms with E-state index in [4.69, 9.17) is 10.5 Å². The van der Waals surface area contributed by atoms with Crippen molar-refractivity contribution >= 4 is 17.9 Å². The highest BCUT2D eigenvalue weighted by Gasteiger charge is 2.23. The van der Waals surface area contributed by atoms with Crippen molar-refractivity contribution in [1.82, 2.24) is 10.6 Å². The number of ether oxygens (including phenoxy) is 1. The molecule has 0 radical (unpaired) electrons. The Morgan fingerprint density at radius 1 is 1.11 bits per heavy atom. The highest BCUT2D eigenvalue weighted by atomic mass is 16.5. The Balaban J connectivity index is 1.82. The molecule has 7 heteroatoms. The van der Waals surface area contributed by atoms with Crippen LogP contribution in [0, 0.1) is 5.92 Å². The van der Waals surface area contributed by atoms with Crippen molar-refractivity contribution in [3.63, 3.8) is 0 Å². The molecule has 0 aromatic heterocycles. The van der Waals surface area contributed by atoms with E-state index in [2.05, 4.69) is 10.6 Å². The average Bonchev–Trinajstić information content (AvgIpc) is 2.69. The lowest BCUT2D eigenvalue weighted by Crippen LogP contribution is -2.48. The van der Waals surface area contributed by atoms with Crippen LogP contribution in [0.25, 0.3) is 0 Å².